The summed E-state index contributed by atoms with van der Waals surface area (Å²) in [6.45, 7) is 3.57. The Kier molecular flexibility index (Phi) is 2.35. The van der Waals surface area contributed by atoms with Gasteiger partial charge in [-0.3, -0.25) is 0 Å². The second kappa shape index (κ2) is 3.28. The van der Waals surface area contributed by atoms with E-state index >= 15 is 0 Å². The van der Waals surface area contributed by atoms with E-state index in [9.17, 15) is 0 Å². The van der Waals surface area contributed by atoms with Crippen LogP contribution in [0.3, 0.4) is 0 Å². The fourth-order valence-corrected chi connectivity index (χ4v) is 0.860. The maximum atomic E-state index is 5.71. The molecule has 0 aromatic rings. The zero-order valence-electron chi connectivity index (χ0n) is 5.47. The molecule has 1 heterocycles. The van der Waals surface area contributed by atoms with E-state index in [1.54, 1.807) is 18.4 Å². The monoisotopic (exact) mass is 153 g/mol. The zero-order valence-corrected chi connectivity index (χ0v) is 6.23. The van der Waals surface area contributed by atoms with Gasteiger partial charge in [-0.05, 0) is 18.2 Å². The number of allylic oxidation sites excluding steroid dienone is 5. The lowest BCUT2D eigenvalue weighted by atomic mass is 10.3. The molecule has 2 heteroatoms. The van der Waals surface area contributed by atoms with Gasteiger partial charge in [0.05, 0.1) is 0 Å². The van der Waals surface area contributed by atoms with Gasteiger partial charge in [-0.25, -0.2) is 0 Å². The van der Waals surface area contributed by atoms with Crippen molar-refractivity contribution < 1.29 is 0 Å². The molecule has 1 aliphatic rings. The summed E-state index contributed by atoms with van der Waals surface area (Å²) in [7, 11) is 0. The first kappa shape index (κ1) is 7.16. The third-order valence-corrected chi connectivity index (χ3v) is 1.32. The van der Waals surface area contributed by atoms with Gasteiger partial charge in [0.25, 0.3) is 0 Å². The lowest BCUT2D eigenvalue weighted by molar-refractivity contribution is 1.09. The number of nitrogens with one attached hydrogen (secondary N) is 1. The first-order valence-corrected chi connectivity index (χ1v) is 3.34. The van der Waals surface area contributed by atoms with Crippen molar-refractivity contribution in [2.24, 2.45) is 0 Å². The van der Waals surface area contributed by atoms with E-state index in [-0.39, 0.29) is 0 Å². The van der Waals surface area contributed by atoms with Crippen LogP contribution in [-0.2, 0) is 0 Å². The fraction of sp³-hybridized carbons (Fsp3) is 0. The molecular formula is C8H8ClN. The van der Waals surface area contributed by atoms with E-state index in [0.29, 0.717) is 0 Å². The summed E-state index contributed by atoms with van der Waals surface area (Å²) < 4.78 is 0. The number of hydrogen-bond acceptors (Lipinski definition) is 1. The van der Waals surface area contributed by atoms with Crippen molar-refractivity contribution in [1.29, 1.82) is 0 Å². The SMILES string of the molecule is C=C/C=C1/C=C(Cl)C=CN1. The smallest absolute Gasteiger partial charge is 0.0441 e. The minimum Gasteiger partial charge on any atom is -0.362 e. The van der Waals surface area contributed by atoms with Crippen LogP contribution in [0.25, 0.3) is 0 Å². The Hall–Kier alpha value is -0.950. The largest absolute Gasteiger partial charge is 0.362 e. The Morgan fingerprint density at radius 1 is 1.60 bits per heavy atom. The molecule has 0 aromatic heterocycles. The van der Waals surface area contributed by atoms with Crippen molar-refractivity contribution >= 4 is 11.6 Å². The topological polar surface area (TPSA) is 12.0 Å². The van der Waals surface area contributed by atoms with Crippen molar-refractivity contribution in [1.82, 2.24) is 5.32 Å². The van der Waals surface area contributed by atoms with E-state index in [2.05, 4.69) is 11.9 Å². The van der Waals surface area contributed by atoms with Crippen LogP contribution in [0.1, 0.15) is 0 Å². The van der Waals surface area contributed by atoms with E-state index in [1.807, 2.05) is 12.2 Å². The molecule has 0 radical (unpaired) electrons. The lowest BCUT2D eigenvalue weighted by Gasteiger charge is -2.05. The molecule has 0 saturated carbocycles. The highest BCUT2D eigenvalue weighted by atomic mass is 35.5. The summed E-state index contributed by atoms with van der Waals surface area (Å²) >= 11 is 5.71. The average molecular weight is 154 g/mol. The Bertz CT molecular complexity index is 223. The summed E-state index contributed by atoms with van der Waals surface area (Å²) in [5, 5.41) is 3.73. The van der Waals surface area contributed by atoms with Gasteiger partial charge >= 0.3 is 0 Å². The van der Waals surface area contributed by atoms with Gasteiger partial charge < -0.3 is 5.32 Å². The second-order valence-electron chi connectivity index (χ2n) is 1.86. The summed E-state index contributed by atoms with van der Waals surface area (Å²) in [6, 6.07) is 0. The molecule has 0 aliphatic carbocycles. The number of rotatable bonds is 1. The minimum atomic E-state index is 0.729. The van der Waals surface area contributed by atoms with Crippen molar-refractivity contribution in [3.8, 4) is 0 Å². The maximum Gasteiger partial charge on any atom is 0.0441 e. The van der Waals surface area contributed by atoms with E-state index in [4.69, 9.17) is 11.6 Å². The standard InChI is InChI=1S/C8H8ClN/c1-2-3-8-6-7(9)4-5-10-8/h2-6,10H,1H2/b8-3-. The highest BCUT2D eigenvalue weighted by Gasteiger charge is 1.94. The van der Waals surface area contributed by atoms with Crippen LogP contribution < -0.4 is 5.32 Å². The maximum absolute atomic E-state index is 5.71. The molecule has 1 rings (SSSR count). The lowest BCUT2D eigenvalue weighted by Crippen LogP contribution is -2.05. The summed E-state index contributed by atoms with van der Waals surface area (Å²) in [5.41, 5.74) is 0.961. The molecule has 0 amide bonds. The Morgan fingerprint density at radius 2 is 2.40 bits per heavy atom. The molecule has 10 heavy (non-hydrogen) atoms. The quantitative estimate of drug-likeness (QED) is 0.610. The third kappa shape index (κ3) is 1.78. The summed E-state index contributed by atoms with van der Waals surface area (Å²) in [5.74, 6) is 0. The number of hydrogen-bond donors (Lipinski definition) is 1. The molecular weight excluding hydrogens is 146 g/mol. The van der Waals surface area contributed by atoms with E-state index in [0.717, 1.165) is 10.7 Å². The minimum absolute atomic E-state index is 0.729. The average Bonchev–Trinajstić information content (AvgIpc) is 1.88. The molecule has 1 aliphatic heterocycles. The van der Waals surface area contributed by atoms with Crippen molar-refractivity contribution in [2.45, 2.75) is 0 Å². The van der Waals surface area contributed by atoms with Crippen LogP contribution in [0, 0.1) is 0 Å². The summed E-state index contributed by atoms with van der Waals surface area (Å²) in [4.78, 5) is 0. The zero-order chi connectivity index (χ0) is 7.40. The molecule has 0 spiro atoms. The summed E-state index contributed by atoms with van der Waals surface area (Å²) in [6.07, 6.45) is 8.98. The molecule has 52 valence electrons. The first-order valence-electron chi connectivity index (χ1n) is 2.96. The first-order chi connectivity index (χ1) is 4.83. The van der Waals surface area contributed by atoms with Crippen LogP contribution in [0.5, 0.6) is 0 Å². The van der Waals surface area contributed by atoms with Crippen LogP contribution in [-0.4, -0.2) is 0 Å². The van der Waals surface area contributed by atoms with Crippen LogP contribution in [0.4, 0.5) is 0 Å². The highest BCUT2D eigenvalue weighted by Crippen LogP contribution is 2.10. The predicted octanol–water partition coefficient (Wildman–Crippen LogP) is 2.30. The third-order valence-electron chi connectivity index (χ3n) is 1.08. The van der Waals surface area contributed by atoms with Gasteiger partial charge in [0.2, 0.25) is 0 Å². The van der Waals surface area contributed by atoms with E-state index < -0.39 is 0 Å². The van der Waals surface area contributed by atoms with Crippen LogP contribution in [0.2, 0.25) is 0 Å². The van der Waals surface area contributed by atoms with Crippen LogP contribution in [0.15, 0.2) is 47.8 Å². The van der Waals surface area contributed by atoms with Gasteiger partial charge in [0.1, 0.15) is 0 Å². The second-order valence-corrected chi connectivity index (χ2v) is 2.30. The Labute approximate surface area is 65.4 Å². The van der Waals surface area contributed by atoms with Crippen LogP contribution >= 0.6 is 11.6 Å². The van der Waals surface area contributed by atoms with Gasteiger partial charge in [-0.15, -0.1) is 0 Å². The molecule has 0 aromatic carbocycles. The molecule has 1 nitrogen and oxygen atoms in total. The van der Waals surface area contributed by atoms with Crippen molar-refractivity contribution in [3.63, 3.8) is 0 Å². The molecule has 0 atom stereocenters. The molecule has 1 N–H and O–H groups in total. The molecule has 0 unspecified atom stereocenters. The Balaban J connectivity index is 2.77. The van der Waals surface area contributed by atoms with Crippen molar-refractivity contribution in [2.75, 3.05) is 0 Å². The predicted molar refractivity (Wildman–Crippen MR) is 44.5 cm³/mol. The normalized spacial score (nSPS) is 20.1. The number of halogens is 1. The molecule has 0 saturated heterocycles. The van der Waals surface area contributed by atoms with Gasteiger partial charge in [-0.2, -0.15) is 0 Å². The molecule has 0 fully saturated rings. The van der Waals surface area contributed by atoms with Gasteiger partial charge in [0, 0.05) is 16.9 Å². The van der Waals surface area contributed by atoms with Gasteiger partial charge in [0.15, 0.2) is 0 Å². The number of dihydropyridines is 1. The molecule has 0 bridgehead atoms. The highest BCUT2D eigenvalue weighted by molar-refractivity contribution is 6.31. The fourth-order valence-electron chi connectivity index (χ4n) is 0.679. The van der Waals surface area contributed by atoms with Gasteiger partial charge in [-0.1, -0.05) is 24.3 Å². The Morgan fingerprint density at radius 3 is 3.00 bits per heavy atom. The van der Waals surface area contributed by atoms with Crippen molar-refractivity contribution in [3.05, 3.63) is 47.8 Å². The van der Waals surface area contributed by atoms with E-state index in [1.165, 1.54) is 0 Å².